The van der Waals surface area contributed by atoms with Crippen molar-refractivity contribution in [2.24, 2.45) is 0 Å². The molecule has 2 atom stereocenters. The predicted octanol–water partition coefficient (Wildman–Crippen LogP) is 4.49. The van der Waals surface area contributed by atoms with E-state index in [-0.39, 0.29) is 17.6 Å². The first-order valence-corrected chi connectivity index (χ1v) is 9.07. The molecule has 4 heteroatoms. The molecular formula is C22H27NO3. The Labute approximate surface area is 155 Å². The van der Waals surface area contributed by atoms with Gasteiger partial charge in [-0.15, -0.1) is 0 Å². The minimum absolute atomic E-state index is 0.0901. The first kappa shape index (κ1) is 18.3. The molecule has 3 rings (SSSR count). The van der Waals surface area contributed by atoms with Gasteiger partial charge in [-0.25, -0.2) is 0 Å². The Balaban J connectivity index is 1.72. The van der Waals surface area contributed by atoms with Gasteiger partial charge in [-0.1, -0.05) is 24.3 Å². The van der Waals surface area contributed by atoms with E-state index in [1.165, 1.54) is 0 Å². The lowest BCUT2D eigenvalue weighted by Gasteiger charge is -2.38. The number of para-hydroxylation sites is 1. The van der Waals surface area contributed by atoms with Gasteiger partial charge in [0.25, 0.3) is 5.91 Å². The van der Waals surface area contributed by atoms with Crippen LogP contribution in [0.5, 0.6) is 11.5 Å². The first-order valence-electron chi connectivity index (χ1n) is 9.07. The first-order chi connectivity index (χ1) is 12.2. The number of aryl methyl sites for hydroxylation is 2. The van der Waals surface area contributed by atoms with Crippen LogP contribution in [0.4, 0.5) is 0 Å². The number of nitrogens with one attached hydrogen (secondary N) is 1. The van der Waals surface area contributed by atoms with Gasteiger partial charge < -0.3 is 14.8 Å². The monoisotopic (exact) mass is 353 g/mol. The topological polar surface area (TPSA) is 47.6 Å². The molecule has 0 fully saturated rings. The third-order valence-corrected chi connectivity index (χ3v) is 4.57. The van der Waals surface area contributed by atoms with Crippen molar-refractivity contribution in [2.75, 3.05) is 0 Å². The third-order valence-electron chi connectivity index (χ3n) is 4.57. The van der Waals surface area contributed by atoms with Crippen molar-refractivity contribution >= 4 is 5.91 Å². The van der Waals surface area contributed by atoms with Crippen molar-refractivity contribution in [2.45, 2.75) is 58.8 Å². The number of benzene rings is 2. The third kappa shape index (κ3) is 4.18. The van der Waals surface area contributed by atoms with Gasteiger partial charge in [0.05, 0.1) is 6.04 Å². The van der Waals surface area contributed by atoms with E-state index in [4.69, 9.17) is 9.47 Å². The normalized spacial score (nSPS) is 19.0. The van der Waals surface area contributed by atoms with E-state index in [1.807, 2.05) is 64.1 Å². The largest absolute Gasteiger partial charge is 0.487 e. The Hall–Kier alpha value is -2.49. The molecule has 138 valence electrons. The Morgan fingerprint density at radius 3 is 2.54 bits per heavy atom. The van der Waals surface area contributed by atoms with Crippen molar-refractivity contribution < 1.29 is 14.3 Å². The van der Waals surface area contributed by atoms with Crippen molar-refractivity contribution in [3.63, 3.8) is 0 Å². The van der Waals surface area contributed by atoms with E-state index < -0.39 is 6.10 Å². The summed E-state index contributed by atoms with van der Waals surface area (Å²) in [5.74, 6) is 1.43. The van der Waals surface area contributed by atoms with Crippen molar-refractivity contribution in [1.29, 1.82) is 0 Å². The van der Waals surface area contributed by atoms with Gasteiger partial charge in [0.15, 0.2) is 6.10 Å². The fourth-order valence-electron chi connectivity index (χ4n) is 3.48. The zero-order chi connectivity index (χ0) is 18.9. The highest BCUT2D eigenvalue weighted by Crippen LogP contribution is 2.39. The average molecular weight is 353 g/mol. The average Bonchev–Trinajstić information content (AvgIpc) is 2.52. The molecule has 1 aliphatic heterocycles. The number of hydrogen-bond donors (Lipinski definition) is 1. The summed E-state index contributed by atoms with van der Waals surface area (Å²) in [6.07, 6.45) is 0.140. The number of hydrogen-bond acceptors (Lipinski definition) is 3. The zero-order valence-electron chi connectivity index (χ0n) is 16.1. The summed E-state index contributed by atoms with van der Waals surface area (Å²) < 4.78 is 11.9. The Kier molecular flexibility index (Phi) is 4.94. The van der Waals surface area contributed by atoms with Gasteiger partial charge in [0.1, 0.15) is 17.1 Å². The molecule has 1 heterocycles. The Bertz CT molecular complexity index is 793. The summed E-state index contributed by atoms with van der Waals surface area (Å²) in [4.78, 5) is 12.7. The molecule has 26 heavy (non-hydrogen) atoms. The highest BCUT2D eigenvalue weighted by molar-refractivity contribution is 5.81. The SMILES string of the molecule is Cc1cc(C)cc(O[C@@H](C)C(=O)N[C@H]2CC(C)(C)Oc3ccccc32)c1. The van der Waals surface area contributed by atoms with Crippen molar-refractivity contribution in [3.05, 3.63) is 59.2 Å². The van der Waals surface area contributed by atoms with E-state index in [0.717, 1.165) is 28.2 Å². The van der Waals surface area contributed by atoms with E-state index in [9.17, 15) is 4.79 Å². The summed E-state index contributed by atoms with van der Waals surface area (Å²) in [5.41, 5.74) is 2.92. The van der Waals surface area contributed by atoms with Crippen LogP contribution in [0.15, 0.2) is 42.5 Å². The van der Waals surface area contributed by atoms with Crippen LogP contribution in [0.3, 0.4) is 0 Å². The molecule has 0 aromatic heterocycles. The van der Waals surface area contributed by atoms with Crippen LogP contribution >= 0.6 is 0 Å². The molecule has 0 radical (unpaired) electrons. The van der Waals surface area contributed by atoms with Crippen LogP contribution in [0, 0.1) is 13.8 Å². The molecule has 0 spiro atoms. The molecule has 2 aromatic rings. The molecule has 1 amide bonds. The molecule has 1 N–H and O–H groups in total. The molecule has 0 saturated carbocycles. The summed E-state index contributed by atoms with van der Waals surface area (Å²) in [5, 5.41) is 3.14. The highest BCUT2D eigenvalue weighted by atomic mass is 16.5. The van der Waals surface area contributed by atoms with Crippen LogP contribution in [-0.4, -0.2) is 17.6 Å². The van der Waals surface area contributed by atoms with Gasteiger partial charge in [0, 0.05) is 12.0 Å². The smallest absolute Gasteiger partial charge is 0.261 e. The van der Waals surface area contributed by atoms with E-state index in [2.05, 4.69) is 11.4 Å². The number of rotatable bonds is 4. The minimum atomic E-state index is -0.575. The molecule has 0 saturated heterocycles. The quantitative estimate of drug-likeness (QED) is 0.881. The summed E-state index contributed by atoms with van der Waals surface area (Å²) in [6.45, 7) is 9.90. The lowest BCUT2D eigenvalue weighted by Crippen LogP contribution is -2.44. The maximum Gasteiger partial charge on any atom is 0.261 e. The molecule has 0 aliphatic carbocycles. The number of carbonyl (C=O) groups is 1. The maximum absolute atomic E-state index is 12.7. The fourth-order valence-corrected chi connectivity index (χ4v) is 3.48. The second-order valence-corrected chi connectivity index (χ2v) is 7.75. The second kappa shape index (κ2) is 7.02. The van der Waals surface area contributed by atoms with E-state index in [0.29, 0.717) is 6.42 Å². The van der Waals surface area contributed by atoms with Gasteiger partial charge in [0.2, 0.25) is 0 Å². The lowest BCUT2D eigenvalue weighted by molar-refractivity contribution is -0.128. The van der Waals surface area contributed by atoms with Crippen LogP contribution in [-0.2, 0) is 4.79 Å². The van der Waals surface area contributed by atoms with Crippen LogP contribution in [0.1, 0.15) is 49.9 Å². The van der Waals surface area contributed by atoms with Crippen LogP contribution in [0.25, 0.3) is 0 Å². The van der Waals surface area contributed by atoms with Crippen LogP contribution in [0.2, 0.25) is 0 Å². The lowest BCUT2D eigenvalue weighted by atomic mass is 9.89. The van der Waals surface area contributed by atoms with Crippen molar-refractivity contribution in [1.82, 2.24) is 5.32 Å². The Morgan fingerprint density at radius 2 is 1.85 bits per heavy atom. The number of ether oxygens (including phenoxy) is 2. The zero-order valence-corrected chi connectivity index (χ0v) is 16.1. The summed E-state index contributed by atoms with van der Waals surface area (Å²) in [7, 11) is 0. The maximum atomic E-state index is 12.7. The molecular weight excluding hydrogens is 326 g/mol. The van der Waals surface area contributed by atoms with E-state index in [1.54, 1.807) is 6.92 Å². The minimum Gasteiger partial charge on any atom is -0.487 e. The fraction of sp³-hybridized carbons (Fsp3) is 0.409. The summed E-state index contributed by atoms with van der Waals surface area (Å²) >= 11 is 0. The van der Waals surface area contributed by atoms with E-state index >= 15 is 0 Å². The molecule has 0 bridgehead atoms. The highest BCUT2D eigenvalue weighted by Gasteiger charge is 2.35. The molecule has 2 aromatic carbocycles. The van der Waals surface area contributed by atoms with Crippen LogP contribution < -0.4 is 14.8 Å². The molecule has 1 aliphatic rings. The van der Waals surface area contributed by atoms with Gasteiger partial charge in [-0.05, 0) is 63.9 Å². The van der Waals surface area contributed by atoms with Gasteiger partial charge in [-0.3, -0.25) is 4.79 Å². The number of carbonyl (C=O) groups excluding carboxylic acids is 1. The van der Waals surface area contributed by atoms with Gasteiger partial charge >= 0.3 is 0 Å². The molecule has 0 unspecified atom stereocenters. The predicted molar refractivity (Wildman–Crippen MR) is 103 cm³/mol. The second-order valence-electron chi connectivity index (χ2n) is 7.75. The molecule has 4 nitrogen and oxygen atoms in total. The van der Waals surface area contributed by atoms with Crippen molar-refractivity contribution in [3.8, 4) is 11.5 Å². The number of fused-ring (bicyclic) bond motifs is 1. The Morgan fingerprint density at radius 1 is 1.19 bits per heavy atom. The summed E-state index contributed by atoms with van der Waals surface area (Å²) in [6, 6.07) is 13.8. The standard InChI is InChI=1S/C22H27NO3/c1-14-10-15(2)12-17(11-14)25-16(3)21(24)23-19-13-22(4,5)26-20-9-7-6-8-18(19)20/h6-12,16,19H,13H2,1-5H3,(H,23,24)/t16-,19-/m0/s1. The number of amides is 1. The van der Waals surface area contributed by atoms with Gasteiger partial charge in [-0.2, -0.15) is 0 Å².